The molecule has 0 aromatic heterocycles. The largest absolute Gasteiger partial charge is 0.493 e. The molecule has 26 heavy (non-hydrogen) atoms. The van der Waals surface area contributed by atoms with Crippen LogP contribution < -0.4 is 20.5 Å². The maximum atomic E-state index is 5.90. The molecule has 0 saturated carbocycles. The Kier molecular flexibility index (Phi) is 10.2. The van der Waals surface area contributed by atoms with E-state index in [1.807, 2.05) is 42.5 Å². The topological polar surface area (TPSA) is 68.9 Å². The molecule has 2 rings (SSSR count). The summed E-state index contributed by atoms with van der Waals surface area (Å²) >= 11 is 5.87. The van der Waals surface area contributed by atoms with Gasteiger partial charge in [0.15, 0.2) is 17.5 Å². The second kappa shape index (κ2) is 11.9. The van der Waals surface area contributed by atoms with Gasteiger partial charge in [-0.05, 0) is 48.2 Å². The number of methoxy groups -OCH3 is 2. The molecule has 2 aromatic rings. The van der Waals surface area contributed by atoms with Gasteiger partial charge in [0.05, 0.1) is 14.2 Å². The summed E-state index contributed by atoms with van der Waals surface area (Å²) in [6, 6.07) is 13.6. The van der Waals surface area contributed by atoms with Crippen molar-refractivity contribution in [3.63, 3.8) is 0 Å². The number of benzene rings is 2. The summed E-state index contributed by atoms with van der Waals surface area (Å²) < 4.78 is 10.5. The number of rotatable bonds is 8. The highest BCUT2D eigenvalue weighted by molar-refractivity contribution is 14.0. The molecule has 0 fully saturated rings. The lowest BCUT2D eigenvalue weighted by atomic mass is 10.1. The lowest BCUT2D eigenvalue weighted by molar-refractivity contribution is 0.354. The normalized spacial score (nSPS) is 10.8. The summed E-state index contributed by atoms with van der Waals surface area (Å²) in [7, 11) is 3.26. The van der Waals surface area contributed by atoms with Crippen LogP contribution in [0.1, 0.15) is 11.1 Å². The Labute approximate surface area is 177 Å². The number of hydrogen-bond donors (Lipinski definition) is 2. The number of nitrogens with two attached hydrogens (primary N) is 1. The van der Waals surface area contributed by atoms with Gasteiger partial charge < -0.3 is 20.5 Å². The minimum Gasteiger partial charge on any atom is -0.493 e. The van der Waals surface area contributed by atoms with Crippen molar-refractivity contribution in [3.8, 4) is 11.5 Å². The number of nitrogens with one attached hydrogen (secondary N) is 1. The van der Waals surface area contributed by atoms with Crippen molar-refractivity contribution < 1.29 is 9.47 Å². The Hall–Kier alpha value is -1.67. The third-order valence-electron chi connectivity index (χ3n) is 3.76. The van der Waals surface area contributed by atoms with Crippen LogP contribution in [-0.2, 0) is 12.8 Å². The third kappa shape index (κ3) is 7.29. The van der Waals surface area contributed by atoms with E-state index >= 15 is 0 Å². The van der Waals surface area contributed by atoms with Crippen molar-refractivity contribution in [2.24, 2.45) is 10.7 Å². The van der Waals surface area contributed by atoms with E-state index in [4.69, 9.17) is 26.8 Å². The Balaban J connectivity index is 0.00000338. The second-order valence-electron chi connectivity index (χ2n) is 5.51. The van der Waals surface area contributed by atoms with Gasteiger partial charge in [0.25, 0.3) is 0 Å². The maximum absolute atomic E-state index is 5.90. The van der Waals surface area contributed by atoms with Gasteiger partial charge in [-0.25, -0.2) is 0 Å². The van der Waals surface area contributed by atoms with Gasteiger partial charge in [0.2, 0.25) is 0 Å². The molecular weight excluding hydrogens is 465 g/mol. The highest BCUT2D eigenvalue weighted by Gasteiger charge is 2.04. The lowest BCUT2D eigenvalue weighted by Gasteiger charge is -2.10. The van der Waals surface area contributed by atoms with Crippen LogP contribution in [-0.4, -0.2) is 33.3 Å². The average Bonchev–Trinajstić information content (AvgIpc) is 2.63. The molecule has 3 N–H and O–H groups in total. The monoisotopic (exact) mass is 489 g/mol. The van der Waals surface area contributed by atoms with Crippen LogP contribution >= 0.6 is 35.6 Å². The molecule has 0 aliphatic carbocycles. The number of hydrogen-bond acceptors (Lipinski definition) is 3. The number of ether oxygens (including phenoxy) is 2. The van der Waals surface area contributed by atoms with Crippen molar-refractivity contribution in [2.75, 3.05) is 27.3 Å². The molecule has 7 heteroatoms. The fourth-order valence-corrected chi connectivity index (χ4v) is 2.51. The first kappa shape index (κ1) is 22.4. The van der Waals surface area contributed by atoms with Crippen LogP contribution in [0.25, 0.3) is 0 Å². The molecule has 0 spiro atoms. The van der Waals surface area contributed by atoms with Crippen LogP contribution in [0.4, 0.5) is 0 Å². The first-order chi connectivity index (χ1) is 12.1. The Bertz CT molecular complexity index is 708. The highest BCUT2D eigenvalue weighted by atomic mass is 127. The van der Waals surface area contributed by atoms with E-state index in [1.165, 1.54) is 5.56 Å². The van der Waals surface area contributed by atoms with Crippen LogP contribution in [0.15, 0.2) is 47.5 Å². The standard InChI is InChI=1S/C19H24ClN3O2.HI/c1-24-17-8-5-15(13-18(17)25-2)10-12-23-19(21)22-11-9-14-3-6-16(20)7-4-14;/h3-8,13H,9-12H2,1-2H3,(H3,21,22,23);1H. The Morgan fingerprint density at radius 2 is 1.65 bits per heavy atom. The van der Waals surface area contributed by atoms with Crippen molar-refractivity contribution >= 4 is 41.5 Å². The quantitative estimate of drug-likeness (QED) is 0.337. The smallest absolute Gasteiger partial charge is 0.188 e. The van der Waals surface area contributed by atoms with E-state index in [0.717, 1.165) is 34.9 Å². The van der Waals surface area contributed by atoms with Crippen molar-refractivity contribution in [2.45, 2.75) is 12.8 Å². The molecule has 0 aliphatic rings. The SMILES string of the molecule is COc1ccc(CCNC(N)=NCCc2ccc(Cl)cc2)cc1OC.I. The highest BCUT2D eigenvalue weighted by Crippen LogP contribution is 2.27. The first-order valence-corrected chi connectivity index (χ1v) is 8.49. The summed E-state index contributed by atoms with van der Waals surface area (Å²) in [5.41, 5.74) is 8.23. The number of guanidine groups is 1. The lowest BCUT2D eigenvalue weighted by Crippen LogP contribution is -2.33. The van der Waals surface area contributed by atoms with Crippen LogP contribution in [0.5, 0.6) is 11.5 Å². The van der Waals surface area contributed by atoms with E-state index < -0.39 is 0 Å². The molecule has 0 radical (unpaired) electrons. The minimum absolute atomic E-state index is 0. The zero-order chi connectivity index (χ0) is 18.1. The Morgan fingerprint density at radius 1 is 1.00 bits per heavy atom. The van der Waals surface area contributed by atoms with E-state index in [0.29, 0.717) is 19.0 Å². The summed E-state index contributed by atoms with van der Waals surface area (Å²) in [4.78, 5) is 4.34. The molecule has 2 aromatic carbocycles. The van der Waals surface area contributed by atoms with Gasteiger partial charge in [-0.3, -0.25) is 4.99 Å². The van der Waals surface area contributed by atoms with Gasteiger partial charge in [0, 0.05) is 18.1 Å². The van der Waals surface area contributed by atoms with Gasteiger partial charge in [-0.15, -0.1) is 24.0 Å². The zero-order valence-electron chi connectivity index (χ0n) is 15.0. The van der Waals surface area contributed by atoms with Gasteiger partial charge in [0.1, 0.15) is 0 Å². The zero-order valence-corrected chi connectivity index (χ0v) is 18.1. The minimum atomic E-state index is 0. The predicted octanol–water partition coefficient (Wildman–Crippen LogP) is 3.66. The summed E-state index contributed by atoms with van der Waals surface area (Å²) in [6.45, 7) is 1.34. The molecule has 0 unspecified atom stereocenters. The summed E-state index contributed by atoms with van der Waals surface area (Å²) in [6.07, 6.45) is 1.64. The average molecular weight is 490 g/mol. The van der Waals surface area contributed by atoms with Crippen molar-refractivity contribution in [1.29, 1.82) is 0 Å². The molecule has 5 nitrogen and oxygen atoms in total. The van der Waals surface area contributed by atoms with Crippen LogP contribution in [0, 0.1) is 0 Å². The molecule has 142 valence electrons. The first-order valence-electron chi connectivity index (χ1n) is 8.11. The number of aliphatic imine (C=N–C) groups is 1. The molecule has 0 bridgehead atoms. The predicted molar refractivity (Wildman–Crippen MR) is 118 cm³/mol. The van der Waals surface area contributed by atoms with Gasteiger partial charge >= 0.3 is 0 Å². The van der Waals surface area contributed by atoms with E-state index in [2.05, 4.69) is 10.3 Å². The summed E-state index contributed by atoms with van der Waals surface area (Å²) in [5.74, 6) is 1.90. The van der Waals surface area contributed by atoms with E-state index in [9.17, 15) is 0 Å². The third-order valence-corrected chi connectivity index (χ3v) is 4.02. The van der Waals surface area contributed by atoms with E-state index in [-0.39, 0.29) is 24.0 Å². The number of nitrogens with zero attached hydrogens (tertiary/aromatic N) is 1. The fourth-order valence-electron chi connectivity index (χ4n) is 2.38. The fraction of sp³-hybridized carbons (Fsp3) is 0.316. The van der Waals surface area contributed by atoms with Gasteiger partial charge in [-0.2, -0.15) is 0 Å². The molecule has 0 heterocycles. The molecule has 0 amide bonds. The van der Waals surface area contributed by atoms with E-state index in [1.54, 1.807) is 14.2 Å². The van der Waals surface area contributed by atoms with Gasteiger partial charge in [-0.1, -0.05) is 29.8 Å². The molecular formula is C19H25ClIN3O2. The number of halogens is 2. The second-order valence-corrected chi connectivity index (χ2v) is 5.95. The van der Waals surface area contributed by atoms with Crippen LogP contribution in [0.2, 0.25) is 5.02 Å². The maximum Gasteiger partial charge on any atom is 0.188 e. The molecule has 0 atom stereocenters. The van der Waals surface area contributed by atoms with Crippen molar-refractivity contribution in [3.05, 3.63) is 58.6 Å². The molecule has 0 aliphatic heterocycles. The Morgan fingerprint density at radius 3 is 2.31 bits per heavy atom. The van der Waals surface area contributed by atoms with Crippen molar-refractivity contribution in [1.82, 2.24) is 5.32 Å². The summed E-state index contributed by atoms with van der Waals surface area (Å²) in [5, 5.41) is 3.87. The molecule has 0 saturated heterocycles. The van der Waals surface area contributed by atoms with Crippen LogP contribution in [0.3, 0.4) is 0 Å².